The molecule has 0 N–H and O–H groups in total. The van der Waals surface area contributed by atoms with Crippen LogP contribution in [0, 0.1) is 5.92 Å². The number of benzene rings is 1. The SMILES string of the molecule is CN1CCCC(Cn2ccc3cc(C(=O)N4CCN(C5CCC5)CC4)ccc32)C1. The Labute approximate surface area is 174 Å². The highest BCUT2D eigenvalue weighted by Gasteiger charge is 2.29. The van der Waals surface area contributed by atoms with Crippen LogP contribution in [0.5, 0.6) is 0 Å². The molecule has 2 aliphatic heterocycles. The largest absolute Gasteiger partial charge is 0.347 e. The first kappa shape index (κ1) is 19.1. The molecule has 1 atom stereocenters. The van der Waals surface area contributed by atoms with Gasteiger partial charge in [-0.25, -0.2) is 0 Å². The van der Waals surface area contributed by atoms with E-state index in [1.54, 1.807) is 0 Å². The van der Waals surface area contributed by atoms with Crippen LogP contribution in [0.15, 0.2) is 30.5 Å². The molecule has 0 radical (unpaired) electrons. The molecule has 0 spiro atoms. The van der Waals surface area contributed by atoms with Crippen molar-refractivity contribution < 1.29 is 4.79 Å². The number of hydrogen-bond acceptors (Lipinski definition) is 3. The van der Waals surface area contributed by atoms with E-state index in [1.165, 1.54) is 56.1 Å². The number of nitrogens with zero attached hydrogens (tertiary/aromatic N) is 4. The standard InChI is InChI=1S/C24H34N4O/c1-25-10-3-4-19(17-25)18-28-11-9-20-16-21(7-8-23(20)28)24(29)27-14-12-26(13-15-27)22-5-2-6-22/h7-9,11,16,19,22H,2-6,10,12-15,17-18H2,1H3. The summed E-state index contributed by atoms with van der Waals surface area (Å²) in [7, 11) is 2.23. The van der Waals surface area contributed by atoms with Gasteiger partial charge in [0.15, 0.2) is 0 Å². The molecule has 3 fully saturated rings. The van der Waals surface area contributed by atoms with E-state index in [1.807, 2.05) is 11.0 Å². The molecule has 1 aromatic heterocycles. The molecule has 1 aliphatic carbocycles. The average molecular weight is 395 g/mol. The van der Waals surface area contributed by atoms with Gasteiger partial charge in [0.05, 0.1) is 0 Å². The molecular formula is C24H34N4O. The summed E-state index contributed by atoms with van der Waals surface area (Å²) in [4.78, 5) is 20.1. The van der Waals surface area contributed by atoms with Gasteiger partial charge in [0, 0.05) is 68.0 Å². The maximum atomic E-state index is 13.1. The number of amides is 1. The van der Waals surface area contributed by atoms with E-state index < -0.39 is 0 Å². The monoisotopic (exact) mass is 394 g/mol. The molecular weight excluding hydrogens is 360 g/mol. The third kappa shape index (κ3) is 3.95. The van der Waals surface area contributed by atoms with Gasteiger partial charge in [-0.15, -0.1) is 0 Å². The van der Waals surface area contributed by atoms with Crippen LogP contribution in [0.1, 0.15) is 42.5 Å². The lowest BCUT2D eigenvalue weighted by atomic mass is 9.91. The number of piperidine rings is 1. The van der Waals surface area contributed by atoms with Crippen LogP contribution in [0.2, 0.25) is 0 Å². The molecule has 1 saturated carbocycles. The van der Waals surface area contributed by atoms with Crippen molar-refractivity contribution in [1.29, 1.82) is 0 Å². The van der Waals surface area contributed by atoms with Gasteiger partial charge in [-0.3, -0.25) is 9.69 Å². The van der Waals surface area contributed by atoms with Crippen LogP contribution < -0.4 is 0 Å². The Balaban J connectivity index is 1.25. The molecule has 3 heterocycles. The van der Waals surface area contributed by atoms with Crippen molar-refractivity contribution >= 4 is 16.8 Å². The maximum Gasteiger partial charge on any atom is 0.253 e. The van der Waals surface area contributed by atoms with Crippen molar-refractivity contribution in [2.45, 2.75) is 44.7 Å². The second-order valence-electron chi connectivity index (χ2n) is 9.43. The molecule has 5 nitrogen and oxygen atoms in total. The van der Waals surface area contributed by atoms with Crippen molar-refractivity contribution in [3.05, 3.63) is 36.0 Å². The Kier molecular flexibility index (Phi) is 5.35. The molecule has 3 aliphatic rings. The van der Waals surface area contributed by atoms with E-state index in [9.17, 15) is 4.79 Å². The molecule has 0 bridgehead atoms. The van der Waals surface area contributed by atoms with Crippen LogP contribution in [-0.2, 0) is 6.54 Å². The number of rotatable bonds is 4. The van der Waals surface area contributed by atoms with Gasteiger partial charge in [-0.2, -0.15) is 0 Å². The molecule has 29 heavy (non-hydrogen) atoms. The van der Waals surface area contributed by atoms with E-state index in [4.69, 9.17) is 0 Å². The second kappa shape index (κ2) is 8.11. The third-order valence-electron chi connectivity index (χ3n) is 7.39. The first-order chi connectivity index (χ1) is 14.2. The van der Waals surface area contributed by atoms with E-state index in [0.717, 1.165) is 50.2 Å². The van der Waals surface area contributed by atoms with Crippen LogP contribution >= 0.6 is 0 Å². The normalized spacial score (nSPS) is 24.7. The smallest absolute Gasteiger partial charge is 0.253 e. The zero-order valence-corrected chi connectivity index (χ0v) is 17.7. The van der Waals surface area contributed by atoms with Crippen molar-refractivity contribution in [1.82, 2.24) is 19.3 Å². The maximum absolute atomic E-state index is 13.1. The van der Waals surface area contributed by atoms with E-state index >= 15 is 0 Å². The lowest BCUT2D eigenvalue weighted by Crippen LogP contribution is -2.53. The highest BCUT2D eigenvalue weighted by atomic mass is 16.2. The topological polar surface area (TPSA) is 31.7 Å². The predicted octanol–water partition coefficient (Wildman–Crippen LogP) is 3.29. The molecule has 1 unspecified atom stereocenters. The number of hydrogen-bond donors (Lipinski definition) is 0. The highest BCUT2D eigenvalue weighted by molar-refractivity contribution is 5.98. The zero-order chi connectivity index (χ0) is 19.8. The summed E-state index contributed by atoms with van der Waals surface area (Å²) in [6.07, 6.45) is 8.88. The Morgan fingerprint density at radius 2 is 1.83 bits per heavy atom. The molecule has 2 saturated heterocycles. The molecule has 156 valence electrons. The van der Waals surface area contributed by atoms with Gasteiger partial charge >= 0.3 is 0 Å². The summed E-state index contributed by atoms with van der Waals surface area (Å²) in [6.45, 7) is 7.28. The minimum absolute atomic E-state index is 0.196. The van der Waals surface area contributed by atoms with E-state index in [0.29, 0.717) is 0 Å². The van der Waals surface area contributed by atoms with Crippen molar-refractivity contribution in [2.75, 3.05) is 46.3 Å². The van der Waals surface area contributed by atoms with Crippen LogP contribution in [0.3, 0.4) is 0 Å². The highest BCUT2D eigenvalue weighted by Crippen LogP contribution is 2.26. The average Bonchev–Trinajstić information content (AvgIpc) is 3.09. The summed E-state index contributed by atoms with van der Waals surface area (Å²) in [5.41, 5.74) is 2.09. The van der Waals surface area contributed by atoms with Crippen LogP contribution in [-0.4, -0.2) is 77.5 Å². The Morgan fingerprint density at radius 1 is 1.00 bits per heavy atom. The molecule has 1 aromatic carbocycles. The van der Waals surface area contributed by atoms with Gasteiger partial charge in [-0.1, -0.05) is 6.42 Å². The Morgan fingerprint density at radius 3 is 2.55 bits per heavy atom. The first-order valence-corrected chi connectivity index (χ1v) is 11.5. The van der Waals surface area contributed by atoms with Gasteiger partial charge < -0.3 is 14.4 Å². The minimum Gasteiger partial charge on any atom is -0.347 e. The summed E-state index contributed by atoms with van der Waals surface area (Å²) in [6, 6.07) is 9.24. The van der Waals surface area contributed by atoms with Gasteiger partial charge in [0.1, 0.15) is 0 Å². The number of piperazine rings is 1. The molecule has 1 amide bonds. The van der Waals surface area contributed by atoms with Gasteiger partial charge in [-0.05, 0) is 69.5 Å². The first-order valence-electron chi connectivity index (χ1n) is 11.5. The minimum atomic E-state index is 0.196. The fourth-order valence-corrected chi connectivity index (χ4v) is 5.42. The number of carbonyl (C=O) groups is 1. The quantitative estimate of drug-likeness (QED) is 0.798. The van der Waals surface area contributed by atoms with Crippen molar-refractivity contribution in [3.8, 4) is 0 Å². The Hall–Kier alpha value is -1.85. The molecule has 5 rings (SSSR count). The molecule has 5 heteroatoms. The van der Waals surface area contributed by atoms with Crippen molar-refractivity contribution in [2.24, 2.45) is 5.92 Å². The summed E-state index contributed by atoms with van der Waals surface area (Å²) in [5, 5.41) is 1.19. The molecule has 2 aromatic rings. The lowest BCUT2D eigenvalue weighted by Gasteiger charge is -2.42. The number of carbonyl (C=O) groups excluding carboxylic acids is 1. The number of fused-ring (bicyclic) bond motifs is 1. The van der Waals surface area contributed by atoms with Crippen LogP contribution in [0.25, 0.3) is 10.9 Å². The predicted molar refractivity (Wildman–Crippen MR) is 117 cm³/mol. The summed E-state index contributed by atoms with van der Waals surface area (Å²) in [5.74, 6) is 0.916. The van der Waals surface area contributed by atoms with E-state index in [2.05, 4.69) is 45.8 Å². The van der Waals surface area contributed by atoms with Gasteiger partial charge in [0.25, 0.3) is 5.91 Å². The summed E-state index contributed by atoms with van der Waals surface area (Å²) < 4.78 is 2.38. The fourth-order valence-electron chi connectivity index (χ4n) is 5.42. The zero-order valence-electron chi connectivity index (χ0n) is 17.7. The number of aromatic nitrogens is 1. The third-order valence-corrected chi connectivity index (χ3v) is 7.39. The number of likely N-dealkylation sites (tertiary alicyclic amines) is 1. The van der Waals surface area contributed by atoms with Gasteiger partial charge in [0.2, 0.25) is 0 Å². The van der Waals surface area contributed by atoms with E-state index in [-0.39, 0.29) is 5.91 Å². The van der Waals surface area contributed by atoms with Crippen LogP contribution in [0.4, 0.5) is 0 Å². The Bertz CT molecular complexity index is 863. The lowest BCUT2D eigenvalue weighted by molar-refractivity contribution is 0.0455. The fraction of sp³-hybridized carbons (Fsp3) is 0.625. The van der Waals surface area contributed by atoms with Crippen molar-refractivity contribution in [3.63, 3.8) is 0 Å². The second-order valence-corrected chi connectivity index (χ2v) is 9.43. The summed E-state index contributed by atoms with van der Waals surface area (Å²) >= 11 is 0.